The van der Waals surface area contributed by atoms with Crippen molar-refractivity contribution in [3.63, 3.8) is 0 Å². The first kappa shape index (κ1) is 17.0. The number of hydrogen-bond donors (Lipinski definition) is 3. The summed E-state index contributed by atoms with van der Waals surface area (Å²) in [5.41, 5.74) is 3.78. The molecule has 4 rings (SSSR count). The van der Waals surface area contributed by atoms with Gasteiger partial charge in [-0.2, -0.15) is 5.10 Å². The van der Waals surface area contributed by atoms with Crippen LogP contribution in [-0.2, 0) is 10.0 Å². The molecule has 4 heterocycles. The monoisotopic (exact) mass is 374 g/mol. The lowest BCUT2D eigenvalue weighted by Gasteiger charge is -2.32. The molecule has 0 bridgehead atoms. The third-order valence-corrected chi connectivity index (χ3v) is 6.84. The first-order valence-corrected chi connectivity index (χ1v) is 10.4. The van der Waals surface area contributed by atoms with E-state index in [-0.39, 0.29) is 11.8 Å². The minimum Gasteiger partial charge on any atom is -0.381 e. The fraction of sp³-hybridized carbons (Fsp3) is 0.412. The third kappa shape index (κ3) is 3.08. The van der Waals surface area contributed by atoms with Crippen molar-refractivity contribution in [1.29, 1.82) is 0 Å². The zero-order valence-corrected chi connectivity index (χ0v) is 15.4. The van der Waals surface area contributed by atoms with Gasteiger partial charge in [0.25, 0.3) is 0 Å². The smallest absolute Gasteiger partial charge is 0.213 e. The Hall–Kier alpha value is -2.39. The fourth-order valence-electron chi connectivity index (χ4n) is 3.45. The van der Waals surface area contributed by atoms with Crippen LogP contribution >= 0.6 is 0 Å². The Bertz CT molecular complexity index is 988. The summed E-state index contributed by atoms with van der Waals surface area (Å²) >= 11 is 0. The second-order valence-corrected chi connectivity index (χ2v) is 8.75. The number of sulfonamides is 1. The number of aromatic nitrogens is 4. The lowest BCUT2D eigenvalue weighted by molar-refractivity contribution is 0.330. The molecular weight excluding hydrogens is 352 g/mol. The molecule has 1 saturated heterocycles. The van der Waals surface area contributed by atoms with Crippen LogP contribution in [0, 0.1) is 0 Å². The van der Waals surface area contributed by atoms with Crippen molar-refractivity contribution in [3.8, 4) is 11.1 Å². The summed E-state index contributed by atoms with van der Waals surface area (Å²) in [7, 11) is -3.11. The van der Waals surface area contributed by atoms with E-state index in [0.717, 1.165) is 40.7 Å². The molecule has 0 radical (unpaired) electrons. The second-order valence-electron chi connectivity index (χ2n) is 6.49. The standard InChI is InChI=1S/C17H22N6O2S/c1-2-26(24,25)23-7-4-13(5-8-23)22-16-14-3-6-18-17(14)19-11-15(16)12-9-20-21-10-12/h3,6,9-11,13H,2,4-5,7-8H2,1H3,(H,20,21)(H2,18,19,22). The lowest BCUT2D eigenvalue weighted by atomic mass is 10.0. The summed E-state index contributed by atoms with van der Waals surface area (Å²) in [6, 6.07) is 2.22. The Morgan fingerprint density at radius 1 is 1.31 bits per heavy atom. The number of anilines is 1. The number of pyridine rings is 1. The lowest BCUT2D eigenvalue weighted by Crippen LogP contribution is -2.43. The van der Waals surface area contributed by atoms with Gasteiger partial charge >= 0.3 is 0 Å². The van der Waals surface area contributed by atoms with E-state index >= 15 is 0 Å². The quantitative estimate of drug-likeness (QED) is 0.634. The highest BCUT2D eigenvalue weighted by atomic mass is 32.2. The van der Waals surface area contributed by atoms with Crippen molar-refractivity contribution in [2.75, 3.05) is 24.2 Å². The summed E-state index contributed by atoms with van der Waals surface area (Å²) in [5, 5.41) is 11.5. The predicted octanol–water partition coefficient (Wildman–Crippen LogP) is 2.18. The van der Waals surface area contributed by atoms with E-state index in [0.29, 0.717) is 13.1 Å². The van der Waals surface area contributed by atoms with Gasteiger partial charge in [-0.05, 0) is 25.8 Å². The summed E-state index contributed by atoms with van der Waals surface area (Å²) in [6.45, 7) is 2.79. The minimum absolute atomic E-state index is 0.157. The van der Waals surface area contributed by atoms with Crippen LogP contribution in [0.2, 0.25) is 0 Å². The number of fused-ring (bicyclic) bond motifs is 1. The second kappa shape index (κ2) is 6.73. The van der Waals surface area contributed by atoms with Gasteiger partial charge in [0.15, 0.2) is 0 Å². The van der Waals surface area contributed by atoms with Gasteiger partial charge in [0.05, 0.1) is 17.6 Å². The highest BCUT2D eigenvalue weighted by molar-refractivity contribution is 7.89. The van der Waals surface area contributed by atoms with Crippen LogP contribution in [0.25, 0.3) is 22.2 Å². The topological polar surface area (TPSA) is 107 Å². The molecule has 0 aliphatic carbocycles. The number of H-pyrrole nitrogens is 2. The molecule has 0 atom stereocenters. The van der Waals surface area contributed by atoms with Gasteiger partial charge in [0.1, 0.15) is 5.65 Å². The van der Waals surface area contributed by atoms with E-state index in [1.165, 1.54) is 0 Å². The molecule has 3 aromatic heterocycles. The molecule has 8 nitrogen and oxygen atoms in total. The average Bonchev–Trinajstić information content (AvgIpc) is 3.34. The largest absolute Gasteiger partial charge is 0.381 e. The van der Waals surface area contributed by atoms with E-state index in [1.807, 2.05) is 24.7 Å². The van der Waals surface area contributed by atoms with Crippen molar-refractivity contribution >= 4 is 26.7 Å². The Labute approximate surface area is 152 Å². The molecule has 0 spiro atoms. The van der Waals surface area contributed by atoms with Crippen molar-refractivity contribution in [2.45, 2.75) is 25.8 Å². The van der Waals surface area contributed by atoms with Gasteiger partial charge in [-0.25, -0.2) is 17.7 Å². The number of hydrogen-bond acceptors (Lipinski definition) is 5. The third-order valence-electron chi connectivity index (χ3n) is 4.96. The van der Waals surface area contributed by atoms with Crippen molar-refractivity contribution in [1.82, 2.24) is 24.5 Å². The van der Waals surface area contributed by atoms with Crippen molar-refractivity contribution in [3.05, 3.63) is 30.9 Å². The zero-order valence-electron chi connectivity index (χ0n) is 14.6. The Morgan fingerprint density at radius 2 is 2.12 bits per heavy atom. The summed E-state index contributed by atoms with van der Waals surface area (Å²) in [6.07, 6.45) is 8.88. The molecule has 0 aromatic carbocycles. The first-order chi connectivity index (χ1) is 12.6. The number of piperidine rings is 1. The molecule has 0 saturated carbocycles. The number of aromatic amines is 2. The maximum Gasteiger partial charge on any atom is 0.213 e. The Morgan fingerprint density at radius 3 is 2.81 bits per heavy atom. The minimum atomic E-state index is -3.11. The normalized spacial score (nSPS) is 17.0. The van der Waals surface area contributed by atoms with E-state index in [1.54, 1.807) is 17.4 Å². The number of nitrogens with one attached hydrogen (secondary N) is 3. The SMILES string of the molecule is CCS(=O)(=O)N1CCC(Nc2c(-c3cn[nH]c3)cnc3[nH]ccc23)CC1. The van der Waals surface area contributed by atoms with Crippen LogP contribution in [0.15, 0.2) is 30.9 Å². The van der Waals surface area contributed by atoms with Gasteiger partial charge in [0.2, 0.25) is 10.0 Å². The Balaban J connectivity index is 1.60. The first-order valence-electron chi connectivity index (χ1n) is 8.78. The maximum absolute atomic E-state index is 12.1. The molecule has 138 valence electrons. The van der Waals surface area contributed by atoms with E-state index in [4.69, 9.17) is 0 Å². The predicted molar refractivity (Wildman–Crippen MR) is 101 cm³/mol. The van der Waals surface area contributed by atoms with E-state index < -0.39 is 10.0 Å². The molecule has 26 heavy (non-hydrogen) atoms. The van der Waals surface area contributed by atoms with Crippen molar-refractivity contribution < 1.29 is 8.42 Å². The van der Waals surface area contributed by atoms with Crippen LogP contribution in [-0.4, -0.2) is 57.8 Å². The molecule has 0 amide bonds. The Kier molecular flexibility index (Phi) is 4.41. The highest BCUT2D eigenvalue weighted by Crippen LogP contribution is 2.34. The average molecular weight is 374 g/mol. The molecule has 3 N–H and O–H groups in total. The van der Waals surface area contributed by atoms with Gasteiger partial charge in [0, 0.05) is 54.2 Å². The molecule has 1 aliphatic heterocycles. The molecular formula is C17H22N6O2S. The van der Waals surface area contributed by atoms with Gasteiger partial charge in [-0.3, -0.25) is 5.10 Å². The van der Waals surface area contributed by atoms with E-state index in [9.17, 15) is 8.42 Å². The van der Waals surface area contributed by atoms with Crippen LogP contribution in [0.1, 0.15) is 19.8 Å². The molecule has 1 aliphatic rings. The van der Waals surface area contributed by atoms with Crippen LogP contribution < -0.4 is 5.32 Å². The summed E-state index contributed by atoms with van der Waals surface area (Å²) < 4.78 is 25.7. The molecule has 9 heteroatoms. The summed E-state index contributed by atoms with van der Waals surface area (Å²) in [4.78, 5) is 7.62. The molecule has 1 fully saturated rings. The molecule has 3 aromatic rings. The number of nitrogens with zero attached hydrogens (tertiary/aromatic N) is 3. The fourth-order valence-corrected chi connectivity index (χ4v) is 4.58. The number of rotatable bonds is 5. The van der Waals surface area contributed by atoms with Crippen molar-refractivity contribution in [2.24, 2.45) is 0 Å². The zero-order chi connectivity index (χ0) is 18.1. The highest BCUT2D eigenvalue weighted by Gasteiger charge is 2.27. The van der Waals surface area contributed by atoms with Gasteiger partial charge in [-0.1, -0.05) is 0 Å². The van der Waals surface area contributed by atoms with Crippen LogP contribution in [0.3, 0.4) is 0 Å². The van der Waals surface area contributed by atoms with Crippen LogP contribution in [0.4, 0.5) is 5.69 Å². The summed E-state index contributed by atoms with van der Waals surface area (Å²) in [5.74, 6) is 0.157. The van der Waals surface area contributed by atoms with Gasteiger partial charge < -0.3 is 10.3 Å². The molecule has 0 unspecified atom stereocenters. The van der Waals surface area contributed by atoms with E-state index in [2.05, 4.69) is 25.5 Å². The maximum atomic E-state index is 12.1. The van der Waals surface area contributed by atoms with Crippen LogP contribution in [0.5, 0.6) is 0 Å². The van der Waals surface area contributed by atoms with Gasteiger partial charge in [-0.15, -0.1) is 0 Å².